The second kappa shape index (κ2) is 7.19. The van der Waals surface area contributed by atoms with Gasteiger partial charge in [-0.2, -0.15) is 0 Å². The number of nitrogens with one attached hydrogen (secondary N) is 1. The lowest BCUT2D eigenvalue weighted by Crippen LogP contribution is -2.41. The Hall–Kier alpha value is -1.69. The van der Waals surface area contributed by atoms with Gasteiger partial charge in [0.2, 0.25) is 0 Å². The van der Waals surface area contributed by atoms with Crippen molar-refractivity contribution in [1.29, 1.82) is 0 Å². The molecule has 1 aliphatic heterocycles. The fraction of sp³-hybridized carbons (Fsp3) is 0.643. The summed E-state index contributed by atoms with van der Waals surface area (Å²) in [5.74, 6) is 0.330. The highest BCUT2D eigenvalue weighted by atomic mass is 16.5. The minimum atomic E-state index is -0.442. The van der Waals surface area contributed by atoms with Gasteiger partial charge < -0.3 is 15.0 Å². The van der Waals surface area contributed by atoms with E-state index in [9.17, 15) is 4.79 Å². The number of carbonyl (C=O) groups excluding carboxylic acids is 1. The van der Waals surface area contributed by atoms with Gasteiger partial charge in [-0.1, -0.05) is 0 Å². The first-order valence-electron chi connectivity index (χ1n) is 7.08. The molecule has 0 spiro atoms. The normalized spacial score (nSPS) is 18.9. The predicted octanol–water partition coefficient (Wildman–Crippen LogP) is 1.23. The molecule has 0 radical (unpaired) electrons. The van der Waals surface area contributed by atoms with Crippen molar-refractivity contribution in [3.05, 3.63) is 18.1 Å². The highest BCUT2D eigenvalue weighted by Gasteiger charge is 2.24. The van der Waals surface area contributed by atoms with E-state index in [1.165, 1.54) is 19.7 Å². The van der Waals surface area contributed by atoms with Crippen molar-refractivity contribution < 1.29 is 9.53 Å². The molecule has 1 saturated heterocycles. The molecule has 110 valence electrons. The van der Waals surface area contributed by atoms with Crippen molar-refractivity contribution in [2.45, 2.75) is 31.7 Å². The van der Waals surface area contributed by atoms with Crippen molar-refractivity contribution in [3.63, 3.8) is 0 Å². The zero-order valence-corrected chi connectivity index (χ0v) is 12.1. The Morgan fingerprint density at radius 1 is 1.50 bits per heavy atom. The molecule has 0 bridgehead atoms. The summed E-state index contributed by atoms with van der Waals surface area (Å²) in [6.07, 6.45) is 7.80. The van der Waals surface area contributed by atoms with Crippen LogP contribution in [0.4, 0.5) is 5.82 Å². The van der Waals surface area contributed by atoms with Crippen molar-refractivity contribution in [1.82, 2.24) is 15.3 Å². The third-order valence-corrected chi connectivity index (χ3v) is 3.67. The summed E-state index contributed by atoms with van der Waals surface area (Å²) in [6.45, 7) is 1.94. The summed E-state index contributed by atoms with van der Waals surface area (Å²) >= 11 is 0. The molecule has 6 nitrogen and oxygen atoms in total. The topological polar surface area (TPSA) is 67.4 Å². The first-order valence-corrected chi connectivity index (χ1v) is 7.08. The highest BCUT2D eigenvalue weighted by molar-refractivity contribution is 5.87. The van der Waals surface area contributed by atoms with Crippen LogP contribution < -0.4 is 10.2 Å². The number of rotatable bonds is 5. The summed E-state index contributed by atoms with van der Waals surface area (Å²) in [7, 11) is 3.32. The lowest BCUT2D eigenvalue weighted by molar-refractivity contribution is 0.0593. The van der Waals surface area contributed by atoms with E-state index in [1.54, 1.807) is 6.20 Å². The van der Waals surface area contributed by atoms with E-state index in [0.717, 1.165) is 38.2 Å². The van der Waals surface area contributed by atoms with Gasteiger partial charge in [0.05, 0.1) is 19.5 Å². The van der Waals surface area contributed by atoms with Crippen molar-refractivity contribution in [2.24, 2.45) is 0 Å². The second-order valence-corrected chi connectivity index (χ2v) is 4.99. The van der Waals surface area contributed by atoms with E-state index >= 15 is 0 Å². The Bertz CT molecular complexity index is 453. The minimum absolute atomic E-state index is 0.267. The molecule has 1 aromatic heterocycles. The van der Waals surface area contributed by atoms with E-state index in [2.05, 4.69) is 20.2 Å². The molecule has 1 aromatic rings. The number of hydrogen-bond donors (Lipinski definition) is 1. The predicted molar refractivity (Wildman–Crippen MR) is 76.9 cm³/mol. The van der Waals surface area contributed by atoms with Gasteiger partial charge in [0.15, 0.2) is 5.69 Å². The molecule has 1 atom stereocenters. The molecular weight excluding hydrogens is 256 g/mol. The Morgan fingerprint density at radius 3 is 3.10 bits per heavy atom. The molecular formula is C14H22N4O2. The van der Waals surface area contributed by atoms with Gasteiger partial charge in [-0.25, -0.2) is 9.78 Å². The Labute approximate surface area is 119 Å². The Balaban J connectivity index is 2.16. The lowest BCUT2D eigenvalue weighted by Gasteiger charge is -2.36. The third-order valence-electron chi connectivity index (χ3n) is 3.67. The van der Waals surface area contributed by atoms with Crippen LogP contribution in [0.2, 0.25) is 0 Å². The average Bonchev–Trinajstić information content (AvgIpc) is 2.52. The number of nitrogens with zero attached hydrogens (tertiary/aromatic N) is 3. The Morgan fingerprint density at radius 2 is 2.35 bits per heavy atom. The fourth-order valence-electron chi connectivity index (χ4n) is 2.61. The molecule has 2 rings (SSSR count). The summed E-state index contributed by atoms with van der Waals surface area (Å²) in [5.41, 5.74) is 0.267. The standard InChI is InChI=1S/C14H22N4O2/c1-15-7-6-11-5-3-4-8-18(11)13-10-16-9-12(17-13)14(19)20-2/h9-11,15H,3-8H2,1-2H3. The van der Waals surface area contributed by atoms with E-state index in [-0.39, 0.29) is 5.69 Å². The number of anilines is 1. The monoisotopic (exact) mass is 278 g/mol. The van der Waals surface area contributed by atoms with E-state index in [0.29, 0.717) is 6.04 Å². The first kappa shape index (κ1) is 14.7. The van der Waals surface area contributed by atoms with Gasteiger partial charge in [-0.05, 0) is 39.3 Å². The number of methoxy groups -OCH3 is 1. The molecule has 1 unspecified atom stereocenters. The van der Waals surface area contributed by atoms with Gasteiger partial charge in [0.1, 0.15) is 5.82 Å². The van der Waals surface area contributed by atoms with Crippen LogP contribution >= 0.6 is 0 Å². The van der Waals surface area contributed by atoms with Crippen LogP contribution in [0, 0.1) is 0 Å². The average molecular weight is 278 g/mol. The zero-order chi connectivity index (χ0) is 14.4. The number of hydrogen-bond acceptors (Lipinski definition) is 6. The van der Waals surface area contributed by atoms with Gasteiger partial charge in [-0.15, -0.1) is 0 Å². The molecule has 2 heterocycles. The molecule has 0 aromatic carbocycles. The molecule has 0 saturated carbocycles. The molecule has 0 aliphatic carbocycles. The van der Waals surface area contributed by atoms with Crippen molar-refractivity contribution >= 4 is 11.8 Å². The summed E-state index contributed by atoms with van der Waals surface area (Å²) in [4.78, 5) is 22.3. The number of ether oxygens (including phenoxy) is 1. The summed E-state index contributed by atoms with van der Waals surface area (Å²) < 4.78 is 4.70. The van der Waals surface area contributed by atoms with Crippen LogP contribution in [0.3, 0.4) is 0 Å². The van der Waals surface area contributed by atoms with Crippen LogP contribution in [0.25, 0.3) is 0 Å². The van der Waals surface area contributed by atoms with E-state index in [4.69, 9.17) is 4.74 Å². The fourth-order valence-corrected chi connectivity index (χ4v) is 2.61. The quantitative estimate of drug-likeness (QED) is 0.817. The van der Waals surface area contributed by atoms with Gasteiger partial charge in [-0.3, -0.25) is 4.98 Å². The maximum absolute atomic E-state index is 11.5. The molecule has 6 heteroatoms. The molecule has 1 N–H and O–H groups in total. The second-order valence-electron chi connectivity index (χ2n) is 4.99. The van der Waals surface area contributed by atoms with Crippen LogP contribution in [0.15, 0.2) is 12.4 Å². The first-order chi connectivity index (χ1) is 9.76. The molecule has 1 aliphatic rings. The number of esters is 1. The number of aromatic nitrogens is 2. The Kier molecular flexibility index (Phi) is 5.29. The van der Waals surface area contributed by atoms with Crippen molar-refractivity contribution in [2.75, 3.05) is 32.1 Å². The van der Waals surface area contributed by atoms with Crippen LogP contribution in [0.5, 0.6) is 0 Å². The van der Waals surface area contributed by atoms with Crippen molar-refractivity contribution in [3.8, 4) is 0 Å². The SMILES string of the molecule is CNCCC1CCCCN1c1cncc(C(=O)OC)n1. The maximum Gasteiger partial charge on any atom is 0.358 e. The lowest BCUT2D eigenvalue weighted by atomic mass is 9.99. The molecule has 0 amide bonds. The highest BCUT2D eigenvalue weighted by Crippen LogP contribution is 2.24. The van der Waals surface area contributed by atoms with Gasteiger partial charge in [0.25, 0.3) is 0 Å². The zero-order valence-electron chi connectivity index (χ0n) is 12.1. The largest absolute Gasteiger partial charge is 0.464 e. The maximum atomic E-state index is 11.5. The van der Waals surface area contributed by atoms with Gasteiger partial charge in [0, 0.05) is 12.6 Å². The summed E-state index contributed by atoms with van der Waals surface area (Å²) in [6, 6.07) is 0.457. The van der Waals surface area contributed by atoms with Crippen LogP contribution in [-0.2, 0) is 4.74 Å². The third kappa shape index (κ3) is 3.45. The number of piperidine rings is 1. The van der Waals surface area contributed by atoms with Gasteiger partial charge >= 0.3 is 5.97 Å². The van der Waals surface area contributed by atoms with Crippen LogP contribution in [0.1, 0.15) is 36.2 Å². The summed E-state index contributed by atoms with van der Waals surface area (Å²) in [5, 5.41) is 3.19. The van der Waals surface area contributed by atoms with Crippen LogP contribution in [-0.4, -0.2) is 49.2 Å². The minimum Gasteiger partial charge on any atom is -0.464 e. The number of carbonyl (C=O) groups is 1. The smallest absolute Gasteiger partial charge is 0.358 e. The van der Waals surface area contributed by atoms with E-state index < -0.39 is 5.97 Å². The molecule has 1 fully saturated rings. The molecule has 20 heavy (non-hydrogen) atoms. The van der Waals surface area contributed by atoms with E-state index in [1.807, 2.05) is 7.05 Å².